The van der Waals surface area contributed by atoms with Gasteiger partial charge in [-0.3, -0.25) is 9.59 Å². The van der Waals surface area contributed by atoms with Crippen LogP contribution in [0.4, 0.5) is 5.82 Å². The van der Waals surface area contributed by atoms with E-state index in [0.717, 1.165) is 29.5 Å². The molecule has 7 nitrogen and oxygen atoms in total. The van der Waals surface area contributed by atoms with Crippen LogP contribution in [0.1, 0.15) is 55.4 Å². The fourth-order valence-electron chi connectivity index (χ4n) is 3.59. The Morgan fingerprint density at radius 1 is 1.37 bits per heavy atom. The molecule has 0 atom stereocenters. The van der Waals surface area contributed by atoms with E-state index in [1.807, 2.05) is 13.8 Å². The molecule has 3 heterocycles. The number of aryl methyl sites for hydroxylation is 3. The Kier molecular flexibility index (Phi) is 4.82. The first kappa shape index (κ1) is 17.9. The highest BCUT2D eigenvalue weighted by Gasteiger charge is 2.20. The van der Waals surface area contributed by atoms with Crippen LogP contribution in [0.5, 0.6) is 0 Å². The SMILES string of the molecule is CC(C)n1nccc1NC(=O)CCc1nc2sc3c(c2c(=O)[nH]1)CCCC3. The third kappa shape index (κ3) is 3.53. The lowest BCUT2D eigenvalue weighted by molar-refractivity contribution is -0.116. The first-order valence-electron chi connectivity index (χ1n) is 9.39. The van der Waals surface area contributed by atoms with Crippen LogP contribution in [0.15, 0.2) is 17.1 Å². The van der Waals surface area contributed by atoms with Crippen molar-refractivity contribution in [2.75, 3.05) is 5.32 Å². The molecule has 1 amide bonds. The van der Waals surface area contributed by atoms with Crippen molar-refractivity contribution in [3.8, 4) is 0 Å². The summed E-state index contributed by atoms with van der Waals surface area (Å²) in [5, 5.41) is 7.84. The molecule has 1 aliphatic rings. The fourth-order valence-corrected chi connectivity index (χ4v) is 4.87. The van der Waals surface area contributed by atoms with E-state index in [0.29, 0.717) is 18.1 Å². The van der Waals surface area contributed by atoms with Crippen LogP contribution >= 0.6 is 11.3 Å². The minimum atomic E-state index is -0.120. The molecular formula is C19H23N5O2S. The molecule has 0 aromatic carbocycles. The molecule has 0 radical (unpaired) electrons. The quantitative estimate of drug-likeness (QED) is 0.705. The van der Waals surface area contributed by atoms with E-state index in [9.17, 15) is 9.59 Å². The summed E-state index contributed by atoms with van der Waals surface area (Å²) in [7, 11) is 0. The van der Waals surface area contributed by atoms with E-state index in [4.69, 9.17) is 0 Å². The number of nitrogens with one attached hydrogen (secondary N) is 2. The molecule has 142 valence electrons. The second-order valence-electron chi connectivity index (χ2n) is 7.21. The second kappa shape index (κ2) is 7.26. The van der Waals surface area contributed by atoms with Crippen molar-refractivity contribution in [1.82, 2.24) is 19.7 Å². The Morgan fingerprint density at radius 3 is 3.00 bits per heavy atom. The molecule has 0 aliphatic heterocycles. The molecule has 8 heteroatoms. The van der Waals surface area contributed by atoms with Gasteiger partial charge in [-0.05, 0) is 45.1 Å². The summed E-state index contributed by atoms with van der Waals surface area (Å²) in [5.41, 5.74) is 1.11. The van der Waals surface area contributed by atoms with Gasteiger partial charge in [0.2, 0.25) is 5.91 Å². The maximum Gasteiger partial charge on any atom is 0.259 e. The van der Waals surface area contributed by atoms with Crippen LogP contribution in [0.3, 0.4) is 0 Å². The molecule has 1 aliphatic carbocycles. The average molecular weight is 385 g/mol. The van der Waals surface area contributed by atoms with Crippen molar-refractivity contribution in [2.24, 2.45) is 0 Å². The van der Waals surface area contributed by atoms with Gasteiger partial charge in [0.1, 0.15) is 16.5 Å². The lowest BCUT2D eigenvalue weighted by Gasteiger charge is -2.11. The fraction of sp³-hybridized carbons (Fsp3) is 0.474. The van der Waals surface area contributed by atoms with E-state index >= 15 is 0 Å². The Morgan fingerprint density at radius 2 is 2.19 bits per heavy atom. The Hall–Kier alpha value is -2.48. The zero-order valence-corrected chi connectivity index (χ0v) is 16.4. The number of carbonyl (C=O) groups excluding carboxylic acids is 1. The van der Waals surface area contributed by atoms with Gasteiger partial charge in [0.15, 0.2) is 0 Å². The van der Waals surface area contributed by atoms with Crippen molar-refractivity contribution in [2.45, 2.75) is 58.4 Å². The number of H-pyrrole nitrogens is 1. The summed E-state index contributed by atoms with van der Waals surface area (Å²) in [4.78, 5) is 34.4. The number of fused-ring (bicyclic) bond motifs is 3. The number of carbonyl (C=O) groups is 1. The molecule has 2 N–H and O–H groups in total. The van der Waals surface area contributed by atoms with Crippen molar-refractivity contribution >= 4 is 33.3 Å². The second-order valence-corrected chi connectivity index (χ2v) is 8.29. The van der Waals surface area contributed by atoms with Gasteiger partial charge in [-0.25, -0.2) is 9.67 Å². The van der Waals surface area contributed by atoms with Gasteiger partial charge in [0, 0.05) is 29.8 Å². The summed E-state index contributed by atoms with van der Waals surface area (Å²) in [6.07, 6.45) is 6.63. The van der Waals surface area contributed by atoms with Gasteiger partial charge in [0.25, 0.3) is 5.56 Å². The number of thiophene rings is 1. The largest absolute Gasteiger partial charge is 0.311 e. The van der Waals surface area contributed by atoms with Gasteiger partial charge in [-0.1, -0.05) is 0 Å². The van der Waals surface area contributed by atoms with Crippen LogP contribution in [0, 0.1) is 0 Å². The number of hydrogen-bond acceptors (Lipinski definition) is 5. The summed E-state index contributed by atoms with van der Waals surface area (Å²) in [6, 6.07) is 1.95. The molecule has 0 saturated carbocycles. The predicted molar refractivity (Wildman–Crippen MR) is 106 cm³/mol. The normalized spacial score (nSPS) is 13.9. The molecular weight excluding hydrogens is 362 g/mol. The Labute approximate surface area is 160 Å². The molecule has 0 unspecified atom stereocenters. The summed E-state index contributed by atoms with van der Waals surface area (Å²) < 4.78 is 1.76. The van der Waals surface area contributed by atoms with E-state index in [2.05, 4.69) is 20.4 Å². The van der Waals surface area contributed by atoms with Crippen LogP contribution in [-0.4, -0.2) is 25.7 Å². The lowest BCUT2D eigenvalue weighted by Crippen LogP contribution is -2.18. The number of aromatic amines is 1. The summed E-state index contributed by atoms with van der Waals surface area (Å²) in [5.74, 6) is 1.13. The van der Waals surface area contributed by atoms with Crippen molar-refractivity contribution in [1.29, 1.82) is 0 Å². The van der Waals surface area contributed by atoms with Crippen LogP contribution in [0.25, 0.3) is 10.2 Å². The summed E-state index contributed by atoms with van der Waals surface area (Å²) >= 11 is 1.63. The van der Waals surface area contributed by atoms with Crippen molar-refractivity contribution < 1.29 is 4.79 Å². The van der Waals surface area contributed by atoms with Crippen LogP contribution in [-0.2, 0) is 24.1 Å². The molecule has 0 saturated heterocycles. The van der Waals surface area contributed by atoms with Gasteiger partial charge in [0.05, 0.1) is 11.6 Å². The maximum atomic E-state index is 12.6. The van der Waals surface area contributed by atoms with Crippen molar-refractivity contribution in [3.05, 3.63) is 38.9 Å². The smallest absolute Gasteiger partial charge is 0.259 e. The zero-order chi connectivity index (χ0) is 19.0. The zero-order valence-electron chi connectivity index (χ0n) is 15.5. The number of amides is 1. The van der Waals surface area contributed by atoms with E-state index in [1.165, 1.54) is 16.9 Å². The van der Waals surface area contributed by atoms with Gasteiger partial charge in [-0.2, -0.15) is 5.10 Å². The molecule has 4 rings (SSSR count). The number of anilines is 1. The van der Waals surface area contributed by atoms with Crippen LogP contribution < -0.4 is 10.9 Å². The monoisotopic (exact) mass is 385 g/mol. The lowest BCUT2D eigenvalue weighted by atomic mass is 9.97. The van der Waals surface area contributed by atoms with E-state index < -0.39 is 0 Å². The first-order chi connectivity index (χ1) is 13.0. The first-order valence-corrected chi connectivity index (χ1v) is 10.2. The van der Waals surface area contributed by atoms with Crippen LogP contribution in [0.2, 0.25) is 0 Å². The highest BCUT2D eigenvalue weighted by molar-refractivity contribution is 7.18. The molecule has 0 bridgehead atoms. The minimum absolute atomic E-state index is 0.0762. The highest BCUT2D eigenvalue weighted by Crippen LogP contribution is 2.33. The Balaban J connectivity index is 1.48. The number of aromatic nitrogens is 4. The van der Waals surface area contributed by atoms with Gasteiger partial charge >= 0.3 is 0 Å². The number of rotatable bonds is 5. The number of nitrogens with zero attached hydrogens (tertiary/aromatic N) is 3. The topological polar surface area (TPSA) is 92.7 Å². The minimum Gasteiger partial charge on any atom is -0.311 e. The molecule has 3 aromatic rings. The highest BCUT2D eigenvalue weighted by atomic mass is 32.1. The third-order valence-corrected chi connectivity index (χ3v) is 6.08. The average Bonchev–Trinajstić information content (AvgIpc) is 3.24. The van der Waals surface area contributed by atoms with Gasteiger partial charge < -0.3 is 10.3 Å². The Bertz CT molecular complexity index is 1050. The molecule has 3 aromatic heterocycles. The molecule has 27 heavy (non-hydrogen) atoms. The van der Waals surface area contributed by atoms with Gasteiger partial charge in [-0.15, -0.1) is 11.3 Å². The van der Waals surface area contributed by atoms with E-state index in [-0.39, 0.29) is 23.9 Å². The molecule has 0 fully saturated rings. The standard InChI is InChI=1S/C19H23N5O2S/c1-11(2)24-15(9-10-20-24)23-16(25)8-7-14-21-18(26)17-12-5-3-4-6-13(12)27-19(17)22-14/h9-11H,3-8H2,1-2H3,(H,23,25)(H,21,22,26). The molecule has 0 spiro atoms. The van der Waals surface area contributed by atoms with Crippen molar-refractivity contribution in [3.63, 3.8) is 0 Å². The van der Waals surface area contributed by atoms with E-state index in [1.54, 1.807) is 28.3 Å². The third-order valence-electron chi connectivity index (χ3n) is 4.89. The number of hydrogen-bond donors (Lipinski definition) is 2. The maximum absolute atomic E-state index is 12.6. The summed E-state index contributed by atoms with van der Waals surface area (Å²) in [6.45, 7) is 4.01. The predicted octanol–water partition coefficient (Wildman–Crippen LogP) is 3.21.